The Kier molecular flexibility index (Phi) is 7.37. The number of rotatable bonds is 10. The first kappa shape index (κ1) is 21.2. The van der Waals surface area contributed by atoms with Crippen molar-refractivity contribution in [1.82, 2.24) is 0 Å². The molecule has 0 saturated heterocycles. The number of benzene rings is 2. The minimum Gasteiger partial charge on any atom is -0.497 e. The van der Waals surface area contributed by atoms with Crippen molar-refractivity contribution in [3.05, 3.63) is 70.3 Å². The fourth-order valence-electron chi connectivity index (χ4n) is 2.77. The second-order valence-electron chi connectivity index (χ2n) is 6.81. The van der Waals surface area contributed by atoms with Gasteiger partial charge in [-0.2, -0.15) is 0 Å². The fraction of sp³-hybridized carbons (Fsp3) is 0.381. The number of aryl methyl sites for hydroxylation is 1. The molecule has 150 valence electrons. The first-order valence-corrected chi connectivity index (χ1v) is 9.15. The summed E-state index contributed by atoms with van der Waals surface area (Å²) in [5.41, 5.74) is -0.306. The molecule has 2 aromatic carbocycles. The van der Waals surface area contributed by atoms with E-state index in [9.17, 15) is 14.9 Å². The maximum absolute atomic E-state index is 12.7. The summed E-state index contributed by atoms with van der Waals surface area (Å²) in [6, 6.07) is 16.4. The fourth-order valence-corrected chi connectivity index (χ4v) is 2.77. The van der Waals surface area contributed by atoms with Gasteiger partial charge < -0.3 is 14.8 Å². The number of nitro groups is 1. The van der Waals surface area contributed by atoms with Gasteiger partial charge in [-0.1, -0.05) is 30.3 Å². The molecule has 2 rings (SSSR count). The SMILES string of the molecule is COc1ccc(NCC(CCc2ccccc2)(C(=O)OC(C)C)[N+](=O)[O-])cc1. The molecule has 28 heavy (non-hydrogen) atoms. The highest BCUT2D eigenvalue weighted by Crippen LogP contribution is 2.24. The smallest absolute Gasteiger partial charge is 0.387 e. The van der Waals surface area contributed by atoms with E-state index in [-0.39, 0.29) is 13.0 Å². The van der Waals surface area contributed by atoms with Crippen molar-refractivity contribution >= 4 is 11.7 Å². The lowest BCUT2D eigenvalue weighted by molar-refractivity contribution is -0.552. The van der Waals surface area contributed by atoms with Crippen LogP contribution in [0.1, 0.15) is 25.8 Å². The summed E-state index contributed by atoms with van der Waals surface area (Å²) in [4.78, 5) is 24.2. The molecule has 1 atom stereocenters. The summed E-state index contributed by atoms with van der Waals surface area (Å²) >= 11 is 0. The Bertz CT molecular complexity index is 777. The van der Waals surface area contributed by atoms with Crippen LogP contribution in [0.5, 0.6) is 5.75 Å². The summed E-state index contributed by atoms with van der Waals surface area (Å²) in [6.07, 6.45) is -0.0255. The predicted molar refractivity (Wildman–Crippen MR) is 107 cm³/mol. The molecule has 0 aliphatic carbocycles. The summed E-state index contributed by atoms with van der Waals surface area (Å²) in [6.45, 7) is 3.18. The van der Waals surface area contributed by atoms with Gasteiger partial charge in [-0.3, -0.25) is 10.1 Å². The minimum absolute atomic E-state index is 0.0265. The quantitative estimate of drug-likeness (QED) is 0.380. The highest BCUT2D eigenvalue weighted by molar-refractivity contribution is 5.80. The zero-order valence-corrected chi connectivity index (χ0v) is 16.4. The van der Waals surface area contributed by atoms with E-state index < -0.39 is 22.5 Å². The number of methoxy groups -OCH3 is 1. The molecule has 2 aromatic rings. The molecule has 0 aliphatic rings. The zero-order chi connectivity index (χ0) is 20.6. The monoisotopic (exact) mass is 386 g/mol. The number of esters is 1. The number of carbonyl (C=O) groups excluding carboxylic acids is 1. The highest BCUT2D eigenvalue weighted by Gasteiger charge is 2.52. The molecular formula is C21H26N2O5. The third kappa shape index (κ3) is 5.45. The molecule has 0 radical (unpaired) electrons. The highest BCUT2D eigenvalue weighted by atomic mass is 16.6. The predicted octanol–water partition coefficient (Wildman–Crippen LogP) is 3.71. The molecule has 0 bridgehead atoms. The first-order chi connectivity index (χ1) is 13.4. The van der Waals surface area contributed by atoms with Crippen LogP contribution in [0.2, 0.25) is 0 Å². The van der Waals surface area contributed by atoms with Crippen molar-refractivity contribution in [3.63, 3.8) is 0 Å². The van der Waals surface area contributed by atoms with Crippen LogP contribution < -0.4 is 10.1 Å². The minimum atomic E-state index is -1.89. The molecule has 0 aromatic heterocycles. The zero-order valence-electron chi connectivity index (χ0n) is 16.4. The molecule has 0 fully saturated rings. The van der Waals surface area contributed by atoms with Crippen molar-refractivity contribution < 1.29 is 19.2 Å². The van der Waals surface area contributed by atoms with E-state index in [1.807, 2.05) is 30.3 Å². The molecule has 1 N–H and O–H groups in total. The van der Waals surface area contributed by atoms with Crippen molar-refractivity contribution in [2.45, 2.75) is 38.3 Å². The van der Waals surface area contributed by atoms with E-state index in [0.29, 0.717) is 17.9 Å². The van der Waals surface area contributed by atoms with Crippen LogP contribution in [0.15, 0.2) is 54.6 Å². The van der Waals surface area contributed by atoms with E-state index in [1.54, 1.807) is 45.2 Å². The van der Waals surface area contributed by atoms with Crippen molar-refractivity contribution in [3.8, 4) is 5.75 Å². The number of nitrogens with one attached hydrogen (secondary N) is 1. The second kappa shape index (κ2) is 9.73. The van der Waals surface area contributed by atoms with Crippen LogP contribution in [0.4, 0.5) is 5.69 Å². The Hall–Kier alpha value is -3.09. The van der Waals surface area contributed by atoms with Gasteiger partial charge in [0, 0.05) is 17.0 Å². The van der Waals surface area contributed by atoms with Crippen LogP contribution in [-0.2, 0) is 16.0 Å². The average molecular weight is 386 g/mol. The topological polar surface area (TPSA) is 90.7 Å². The van der Waals surface area contributed by atoms with Gasteiger partial charge >= 0.3 is 11.5 Å². The van der Waals surface area contributed by atoms with Gasteiger partial charge in [0.05, 0.1) is 19.8 Å². The van der Waals surface area contributed by atoms with Gasteiger partial charge in [0.2, 0.25) is 0 Å². The van der Waals surface area contributed by atoms with Crippen LogP contribution in [-0.4, -0.2) is 36.2 Å². The normalized spacial score (nSPS) is 12.9. The van der Waals surface area contributed by atoms with Crippen LogP contribution in [0, 0.1) is 10.1 Å². The Balaban J connectivity index is 2.23. The van der Waals surface area contributed by atoms with Crippen molar-refractivity contribution in [1.29, 1.82) is 0 Å². The summed E-state index contributed by atoms with van der Waals surface area (Å²) < 4.78 is 10.4. The Morgan fingerprint density at radius 3 is 2.32 bits per heavy atom. The van der Waals surface area contributed by atoms with Crippen LogP contribution in [0.3, 0.4) is 0 Å². The molecule has 0 amide bonds. The molecule has 1 unspecified atom stereocenters. The number of nitrogens with zero attached hydrogens (tertiary/aromatic N) is 1. The molecule has 0 heterocycles. The van der Waals surface area contributed by atoms with Gasteiger partial charge in [0.25, 0.3) is 0 Å². The van der Waals surface area contributed by atoms with E-state index in [2.05, 4.69) is 5.32 Å². The third-order valence-corrected chi connectivity index (χ3v) is 4.42. The van der Waals surface area contributed by atoms with Gasteiger partial charge in [-0.25, -0.2) is 4.79 Å². The molecule has 7 heteroatoms. The summed E-state index contributed by atoms with van der Waals surface area (Å²) in [7, 11) is 1.56. The van der Waals surface area contributed by atoms with E-state index in [1.165, 1.54) is 0 Å². The maximum Gasteiger partial charge on any atom is 0.387 e. The lowest BCUT2D eigenvalue weighted by Gasteiger charge is -2.25. The van der Waals surface area contributed by atoms with Crippen LogP contribution >= 0.6 is 0 Å². The molecule has 0 saturated carbocycles. The van der Waals surface area contributed by atoms with Gasteiger partial charge in [0.15, 0.2) is 0 Å². The summed E-state index contributed by atoms with van der Waals surface area (Å²) in [5.74, 6) is -0.154. The van der Waals surface area contributed by atoms with Crippen molar-refractivity contribution in [2.75, 3.05) is 19.0 Å². The second-order valence-corrected chi connectivity index (χ2v) is 6.81. The molecule has 7 nitrogen and oxygen atoms in total. The van der Waals surface area contributed by atoms with E-state index in [4.69, 9.17) is 9.47 Å². The molecule has 0 aliphatic heterocycles. The van der Waals surface area contributed by atoms with Gasteiger partial charge in [-0.15, -0.1) is 0 Å². The molecular weight excluding hydrogens is 360 g/mol. The van der Waals surface area contributed by atoms with E-state index in [0.717, 1.165) is 5.56 Å². The van der Waals surface area contributed by atoms with Crippen molar-refractivity contribution in [2.24, 2.45) is 0 Å². The number of anilines is 1. The maximum atomic E-state index is 12.7. The Morgan fingerprint density at radius 2 is 1.79 bits per heavy atom. The first-order valence-electron chi connectivity index (χ1n) is 9.15. The lowest BCUT2D eigenvalue weighted by atomic mass is 9.91. The Labute approximate surface area is 164 Å². The molecule has 0 spiro atoms. The third-order valence-electron chi connectivity index (χ3n) is 4.42. The number of hydrogen-bond donors (Lipinski definition) is 1. The van der Waals surface area contributed by atoms with Crippen LogP contribution in [0.25, 0.3) is 0 Å². The lowest BCUT2D eigenvalue weighted by Crippen LogP contribution is -2.53. The Morgan fingerprint density at radius 1 is 1.14 bits per heavy atom. The van der Waals surface area contributed by atoms with E-state index >= 15 is 0 Å². The largest absolute Gasteiger partial charge is 0.497 e. The standard InChI is InChI=1S/C21H26N2O5/c1-16(2)28-20(24)21(23(25)26,14-13-17-7-5-4-6-8-17)15-22-18-9-11-19(27-3)12-10-18/h4-12,16,22H,13-15H2,1-3H3. The number of hydrogen-bond acceptors (Lipinski definition) is 6. The van der Waals surface area contributed by atoms with Gasteiger partial charge in [0.1, 0.15) is 5.75 Å². The average Bonchev–Trinajstić information content (AvgIpc) is 2.68. The van der Waals surface area contributed by atoms with Gasteiger partial charge in [-0.05, 0) is 50.1 Å². The summed E-state index contributed by atoms with van der Waals surface area (Å²) in [5, 5.41) is 15.0. The number of carbonyl (C=O) groups is 1. The number of ether oxygens (including phenoxy) is 2.